The van der Waals surface area contributed by atoms with Crippen LogP contribution >= 0.6 is 27.3 Å². The van der Waals surface area contributed by atoms with Crippen molar-refractivity contribution < 1.29 is 19.1 Å². The van der Waals surface area contributed by atoms with Crippen LogP contribution in [0.3, 0.4) is 0 Å². The number of benzene rings is 1. The Kier molecular flexibility index (Phi) is 7.47. The van der Waals surface area contributed by atoms with Gasteiger partial charge in [-0.25, -0.2) is 0 Å². The van der Waals surface area contributed by atoms with Gasteiger partial charge in [0.25, 0.3) is 5.91 Å². The summed E-state index contributed by atoms with van der Waals surface area (Å²) in [6.07, 6.45) is 0.616. The summed E-state index contributed by atoms with van der Waals surface area (Å²) in [7, 11) is 3.16. The third kappa shape index (κ3) is 5.47. The van der Waals surface area contributed by atoms with Crippen molar-refractivity contribution in [1.29, 1.82) is 0 Å². The van der Waals surface area contributed by atoms with Gasteiger partial charge in [-0.2, -0.15) is 0 Å². The highest BCUT2D eigenvalue weighted by atomic mass is 79.9. The molecule has 140 valence electrons. The number of hydrogen-bond acceptors (Lipinski definition) is 5. The van der Waals surface area contributed by atoms with E-state index in [1.807, 2.05) is 25.1 Å². The molecule has 8 heteroatoms. The molecule has 1 aromatic carbocycles. The molecule has 2 amide bonds. The molecule has 0 fully saturated rings. The molecule has 0 spiro atoms. The first-order valence-corrected chi connectivity index (χ1v) is 9.57. The Morgan fingerprint density at radius 1 is 1.12 bits per heavy atom. The molecular formula is C18H21BrN2O4S. The number of rotatable bonds is 8. The Morgan fingerprint density at radius 3 is 2.42 bits per heavy atom. The molecule has 0 aliphatic heterocycles. The second-order valence-electron chi connectivity index (χ2n) is 5.49. The smallest absolute Gasteiger partial charge is 0.261 e. The van der Waals surface area contributed by atoms with E-state index in [0.29, 0.717) is 29.3 Å². The standard InChI is InChI=1S/C18H21BrN2O4S/c1-11-4-5-16(26-11)18(23)21-10-17(22)20-7-6-12-8-14(24-2)15(25-3)9-13(12)19/h4-5,8-9H,6-7,10H2,1-3H3,(H,20,22)(H,21,23). The minimum Gasteiger partial charge on any atom is -0.493 e. The molecule has 0 unspecified atom stereocenters. The van der Waals surface area contributed by atoms with Gasteiger partial charge in [0.05, 0.1) is 25.6 Å². The van der Waals surface area contributed by atoms with Crippen LogP contribution in [0.1, 0.15) is 20.1 Å². The van der Waals surface area contributed by atoms with Crippen molar-refractivity contribution in [1.82, 2.24) is 10.6 Å². The average molecular weight is 441 g/mol. The largest absolute Gasteiger partial charge is 0.493 e. The number of hydrogen-bond donors (Lipinski definition) is 2. The molecule has 0 radical (unpaired) electrons. The number of nitrogens with one attached hydrogen (secondary N) is 2. The van der Waals surface area contributed by atoms with Crippen LogP contribution in [-0.4, -0.2) is 39.1 Å². The Labute approximate surface area is 165 Å². The molecule has 6 nitrogen and oxygen atoms in total. The topological polar surface area (TPSA) is 76.7 Å². The highest BCUT2D eigenvalue weighted by Gasteiger charge is 2.11. The molecular weight excluding hydrogens is 420 g/mol. The lowest BCUT2D eigenvalue weighted by molar-refractivity contribution is -0.120. The van der Waals surface area contributed by atoms with Crippen molar-refractivity contribution in [3.8, 4) is 11.5 Å². The van der Waals surface area contributed by atoms with E-state index < -0.39 is 0 Å². The van der Waals surface area contributed by atoms with Crippen molar-refractivity contribution in [3.05, 3.63) is 44.1 Å². The van der Waals surface area contributed by atoms with E-state index in [9.17, 15) is 9.59 Å². The Bertz CT molecular complexity index is 791. The molecule has 0 saturated carbocycles. The summed E-state index contributed by atoms with van der Waals surface area (Å²) in [5.41, 5.74) is 0.987. The van der Waals surface area contributed by atoms with Crippen molar-refractivity contribution in [2.24, 2.45) is 0 Å². The summed E-state index contributed by atoms with van der Waals surface area (Å²) < 4.78 is 11.4. The Morgan fingerprint density at radius 2 is 1.81 bits per heavy atom. The molecule has 2 aromatic rings. The van der Waals surface area contributed by atoms with E-state index in [1.165, 1.54) is 11.3 Å². The summed E-state index contributed by atoms with van der Waals surface area (Å²) in [4.78, 5) is 25.5. The molecule has 2 N–H and O–H groups in total. The number of carbonyl (C=O) groups excluding carboxylic acids is 2. The summed E-state index contributed by atoms with van der Waals surface area (Å²) in [5.74, 6) is 0.804. The Hall–Kier alpha value is -2.06. The fraction of sp³-hybridized carbons (Fsp3) is 0.333. The molecule has 1 aromatic heterocycles. The SMILES string of the molecule is COc1cc(Br)c(CCNC(=O)CNC(=O)c2ccc(C)s2)cc1OC. The van der Waals surface area contributed by atoms with Crippen LogP contribution in [0.4, 0.5) is 0 Å². The van der Waals surface area contributed by atoms with Gasteiger partial charge >= 0.3 is 0 Å². The maximum Gasteiger partial charge on any atom is 0.261 e. The lowest BCUT2D eigenvalue weighted by Crippen LogP contribution is -2.37. The lowest BCUT2D eigenvalue weighted by Gasteiger charge is -2.12. The van der Waals surface area contributed by atoms with Gasteiger partial charge in [0.2, 0.25) is 5.91 Å². The number of halogens is 1. The van der Waals surface area contributed by atoms with Gasteiger partial charge in [-0.05, 0) is 43.2 Å². The minimum absolute atomic E-state index is 0.0527. The number of ether oxygens (including phenoxy) is 2. The van der Waals surface area contributed by atoms with Crippen LogP contribution in [0, 0.1) is 6.92 Å². The Balaban J connectivity index is 1.80. The second kappa shape index (κ2) is 9.59. The van der Waals surface area contributed by atoms with E-state index in [1.54, 1.807) is 20.3 Å². The molecule has 26 heavy (non-hydrogen) atoms. The third-order valence-electron chi connectivity index (χ3n) is 3.64. The van der Waals surface area contributed by atoms with Crippen molar-refractivity contribution >= 4 is 39.1 Å². The number of carbonyl (C=O) groups is 2. The summed E-state index contributed by atoms with van der Waals surface area (Å²) in [6, 6.07) is 7.33. The highest BCUT2D eigenvalue weighted by molar-refractivity contribution is 9.10. The first-order chi connectivity index (χ1) is 12.4. The number of methoxy groups -OCH3 is 2. The van der Waals surface area contributed by atoms with Gasteiger partial charge in [-0.1, -0.05) is 15.9 Å². The molecule has 0 atom stereocenters. The van der Waals surface area contributed by atoms with Crippen LogP contribution in [0.25, 0.3) is 0 Å². The second-order valence-corrected chi connectivity index (χ2v) is 7.63. The first-order valence-electron chi connectivity index (χ1n) is 7.96. The van der Waals surface area contributed by atoms with Gasteiger partial charge in [0.15, 0.2) is 11.5 Å². The number of aryl methyl sites for hydroxylation is 1. The average Bonchev–Trinajstić information content (AvgIpc) is 3.07. The van der Waals surface area contributed by atoms with Crippen LogP contribution in [-0.2, 0) is 11.2 Å². The van der Waals surface area contributed by atoms with Gasteiger partial charge in [0, 0.05) is 15.9 Å². The maximum absolute atomic E-state index is 11.9. The zero-order chi connectivity index (χ0) is 19.1. The predicted molar refractivity (Wildman–Crippen MR) is 105 cm³/mol. The number of amides is 2. The minimum atomic E-state index is -0.235. The fourth-order valence-corrected chi connectivity index (χ4v) is 3.60. The summed E-state index contributed by atoms with van der Waals surface area (Å²) in [5, 5.41) is 5.41. The molecule has 1 heterocycles. The zero-order valence-electron chi connectivity index (χ0n) is 14.8. The zero-order valence-corrected chi connectivity index (χ0v) is 17.3. The lowest BCUT2D eigenvalue weighted by atomic mass is 10.1. The fourth-order valence-electron chi connectivity index (χ4n) is 2.29. The first kappa shape index (κ1) is 20.3. The van der Waals surface area contributed by atoms with Gasteiger partial charge in [-0.15, -0.1) is 11.3 Å². The van der Waals surface area contributed by atoms with Gasteiger partial charge in [-0.3, -0.25) is 9.59 Å². The van der Waals surface area contributed by atoms with E-state index >= 15 is 0 Å². The van der Waals surface area contributed by atoms with Crippen molar-refractivity contribution in [2.75, 3.05) is 27.3 Å². The highest BCUT2D eigenvalue weighted by Crippen LogP contribution is 2.33. The van der Waals surface area contributed by atoms with Crippen LogP contribution in [0.5, 0.6) is 11.5 Å². The van der Waals surface area contributed by atoms with Crippen LogP contribution < -0.4 is 20.1 Å². The molecule has 0 bridgehead atoms. The molecule has 0 aliphatic carbocycles. The van der Waals surface area contributed by atoms with E-state index in [0.717, 1.165) is 14.9 Å². The van der Waals surface area contributed by atoms with Crippen molar-refractivity contribution in [3.63, 3.8) is 0 Å². The monoisotopic (exact) mass is 440 g/mol. The summed E-state index contributed by atoms with van der Waals surface area (Å²) >= 11 is 4.89. The van der Waals surface area contributed by atoms with Crippen LogP contribution in [0.15, 0.2) is 28.7 Å². The van der Waals surface area contributed by atoms with Gasteiger partial charge in [0.1, 0.15) is 0 Å². The van der Waals surface area contributed by atoms with E-state index in [4.69, 9.17) is 9.47 Å². The predicted octanol–water partition coefficient (Wildman–Crippen LogP) is 2.92. The molecule has 0 saturated heterocycles. The number of thiophene rings is 1. The van der Waals surface area contributed by atoms with E-state index in [-0.39, 0.29) is 18.4 Å². The molecule has 0 aliphatic rings. The quantitative estimate of drug-likeness (QED) is 0.661. The third-order valence-corrected chi connectivity index (χ3v) is 5.38. The van der Waals surface area contributed by atoms with Crippen LogP contribution in [0.2, 0.25) is 0 Å². The normalized spacial score (nSPS) is 10.3. The van der Waals surface area contributed by atoms with E-state index in [2.05, 4.69) is 26.6 Å². The van der Waals surface area contributed by atoms with Gasteiger partial charge < -0.3 is 20.1 Å². The van der Waals surface area contributed by atoms with Crippen molar-refractivity contribution in [2.45, 2.75) is 13.3 Å². The summed E-state index contributed by atoms with van der Waals surface area (Å²) in [6.45, 7) is 2.32. The maximum atomic E-state index is 11.9. The molecule has 2 rings (SSSR count).